The number of hydrogen-bond donors (Lipinski definition) is 0. The normalized spacial score (nSPS) is 10.5. The highest BCUT2D eigenvalue weighted by atomic mass is 35.5. The molecule has 0 radical (unpaired) electrons. The van der Waals surface area contributed by atoms with Crippen molar-refractivity contribution in [3.8, 4) is 0 Å². The number of aryl methyl sites for hydroxylation is 2. The van der Waals surface area contributed by atoms with Crippen molar-refractivity contribution in [2.45, 2.75) is 26.8 Å². The van der Waals surface area contributed by atoms with Crippen LogP contribution in [0.3, 0.4) is 0 Å². The van der Waals surface area contributed by atoms with E-state index in [2.05, 4.69) is 46.1 Å². The molecule has 1 heterocycles. The molecule has 2 aromatic rings. The Kier molecular flexibility index (Phi) is 4.38. The summed E-state index contributed by atoms with van der Waals surface area (Å²) in [6, 6.07) is 10.3. The Morgan fingerprint density at radius 1 is 1.21 bits per heavy atom. The second kappa shape index (κ2) is 6.02. The van der Waals surface area contributed by atoms with E-state index in [0.717, 1.165) is 24.6 Å². The zero-order valence-electron chi connectivity index (χ0n) is 11.5. The van der Waals surface area contributed by atoms with Crippen LogP contribution in [-0.2, 0) is 13.0 Å². The zero-order valence-corrected chi connectivity index (χ0v) is 12.3. The van der Waals surface area contributed by atoms with Crippen LogP contribution in [0.15, 0.2) is 30.3 Å². The third-order valence-electron chi connectivity index (χ3n) is 2.94. The molecular formula is C15H18ClN3. The third kappa shape index (κ3) is 3.67. The molecule has 0 aliphatic heterocycles. The fraction of sp³-hybridized carbons (Fsp3) is 0.333. The van der Waals surface area contributed by atoms with Crippen molar-refractivity contribution in [3.05, 3.63) is 52.4 Å². The average molecular weight is 276 g/mol. The molecule has 0 aliphatic carbocycles. The lowest BCUT2D eigenvalue weighted by Gasteiger charge is -2.19. The largest absolute Gasteiger partial charge is 0.355 e. The van der Waals surface area contributed by atoms with E-state index in [1.165, 1.54) is 11.1 Å². The van der Waals surface area contributed by atoms with E-state index < -0.39 is 0 Å². The van der Waals surface area contributed by atoms with Crippen molar-refractivity contribution in [2.24, 2.45) is 0 Å². The molecular weight excluding hydrogens is 258 g/mol. The Morgan fingerprint density at radius 2 is 2.00 bits per heavy atom. The van der Waals surface area contributed by atoms with Crippen molar-refractivity contribution >= 4 is 17.4 Å². The molecule has 0 amide bonds. The van der Waals surface area contributed by atoms with Gasteiger partial charge in [-0.3, -0.25) is 0 Å². The quantitative estimate of drug-likeness (QED) is 0.798. The molecule has 0 fully saturated rings. The number of nitrogens with zero attached hydrogens (tertiary/aromatic N) is 3. The Hall–Kier alpha value is -1.61. The fourth-order valence-electron chi connectivity index (χ4n) is 1.97. The summed E-state index contributed by atoms with van der Waals surface area (Å²) in [6.45, 7) is 4.93. The summed E-state index contributed by atoms with van der Waals surface area (Å²) in [4.78, 5) is 10.8. The van der Waals surface area contributed by atoms with Gasteiger partial charge >= 0.3 is 0 Å². The lowest BCUT2D eigenvalue weighted by Crippen LogP contribution is -2.18. The number of hydrogen-bond acceptors (Lipinski definition) is 3. The van der Waals surface area contributed by atoms with Crippen LogP contribution in [0.2, 0.25) is 5.15 Å². The molecule has 19 heavy (non-hydrogen) atoms. The topological polar surface area (TPSA) is 29.0 Å². The lowest BCUT2D eigenvalue weighted by atomic mass is 10.1. The van der Waals surface area contributed by atoms with E-state index >= 15 is 0 Å². The SMILES string of the molecule is CCc1nc(Cl)cc(N(C)Cc2cccc(C)c2)n1. The molecule has 1 aromatic heterocycles. The number of anilines is 1. The second-order valence-corrected chi connectivity index (χ2v) is 5.05. The fourth-order valence-corrected chi connectivity index (χ4v) is 2.17. The first-order chi connectivity index (χ1) is 9.08. The van der Waals surface area contributed by atoms with Gasteiger partial charge in [-0.25, -0.2) is 9.97 Å². The molecule has 0 N–H and O–H groups in total. The van der Waals surface area contributed by atoms with Gasteiger partial charge in [0.25, 0.3) is 0 Å². The highest BCUT2D eigenvalue weighted by molar-refractivity contribution is 6.29. The van der Waals surface area contributed by atoms with Gasteiger partial charge in [0, 0.05) is 26.1 Å². The first-order valence-corrected chi connectivity index (χ1v) is 6.76. The Morgan fingerprint density at radius 3 is 2.68 bits per heavy atom. The maximum atomic E-state index is 6.02. The second-order valence-electron chi connectivity index (χ2n) is 4.66. The average Bonchev–Trinajstić information content (AvgIpc) is 2.38. The summed E-state index contributed by atoms with van der Waals surface area (Å²) in [7, 11) is 2.01. The highest BCUT2D eigenvalue weighted by Gasteiger charge is 2.07. The summed E-state index contributed by atoms with van der Waals surface area (Å²) in [5, 5.41) is 0.498. The number of benzene rings is 1. The summed E-state index contributed by atoms with van der Waals surface area (Å²) < 4.78 is 0. The molecule has 3 nitrogen and oxygen atoms in total. The third-order valence-corrected chi connectivity index (χ3v) is 3.13. The van der Waals surface area contributed by atoms with Crippen LogP contribution in [0.1, 0.15) is 23.9 Å². The monoisotopic (exact) mass is 275 g/mol. The summed E-state index contributed by atoms with van der Waals surface area (Å²) >= 11 is 6.02. The molecule has 0 unspecified atom stereocenters. The molecule has 0 bridgehead atoms. The summed E-state index contributed by atoms with van der Waals surface area (Å²) in [5.41, 5.74) is 2.52. The minimum atomic E-state index is 0.498. The van der Waals surface area contributed by atoms with Crippen LogP contribution < -0.4 is 4.90 Å². The lowest BCUT2D eigenvalue weighted by molar-refractivity contribution is 0.858. The molecule has 100 valence electrons. The van der Waals surface area contributed by atoms with E-state index in [0.29, 0.717) is 5.15 Å². The van der Waals surface area contributed by atoms with Crippen molar-refractivity contribution in [1.82, 2.24) is 9.97 Å². The molecule has 0 saturated carbocycles. The molecule has 0 saturated heterocycles. The zero-order chi connectivity index (χ0) is 13.8. The van der Waals surface area contributed by atoms with Crippen LogP contribution in [-0.4, -0.2) is 17.0 Å². The Labute approximate surface area is 119 Å². The standard InChI is InChI=1S/C15H18ClN3/c1-4-14-17-13(16)9-15(18-14)19(3)10-12-7-5-6-11(2)8-12/h5-9H,4,10H2,1-3H3. The van der Waals surface area contributed by atoms with Gasteiger partial charge < -0.3 is 4.90 Å². The van der Waals surface area contributed by atoms with Gasteiger partial charge in [0.1, 0.15) is 16.8 Å². The van der Waals surface area contributed by atoms with Crippen molar-refractivity contribution in [3.63, 3.8) is 0 Å². The summed E-state index contributed by atoms with van der Waals surface area (Å²) in [5.74, 6) is 1.64. The maximum absolute atomic E-state index is 6.02. The van der Waals surface area contributed by atoms with Crippen molar-refractivity contribution in [1.29, 1.82) is 0 Å². The van der Waals surface area contributed by atoms with Crippen molar-refractivity contribution in [2.75, 3.05) is 11.9 Å². The highest BCUT2D eigenvalue weighted by Crippen LogP contribution is 2.17. The van der Waals surface area contributed by atoms with E-state index in [1.807, 2.05) is 14.0 Å². The van der Waals surface area contributed by atoms with Gasteiger partial charge in [-0.05, 0) is 12.5 Å². The van der Waals surface area contributed by atoms with Gasteiger partial charge in [-0.1, -0.05) is 48.4 Å². The van der Waals surface area contributed by atoms with Gasteiger partial charge in [0.15, 0.2) is 0 Å². The van der Waals surface area contributed by atoms with Crippen LogP contribution >= 0.6 is 11.6 Å². The minimum absolute atomic E-state index is 0.498. The van der Waals surface area contributed by atoms with Crippen LogP contribution in [0, 0.1) is 6.92 Å². The van der Waals surface area contributed by atoms with E-state index in [4.69, 9.17) is 11.6 Å². The number of rotatable bonds is 4. The van der Waals surface area contributed by atoms with E-state index in [9.17, 15) is 0 Å². The molecule has 1 aromatic carbocycles. The van der Waals surface area contributed by atoms with Crippen LogP contribution in [0.4, 0.5) is 5.82 Å². The molecule has 0 atom stereocenters. The molecule has 0 spiro atoms. The van der Waals surface area contributed by atoms with Gasteiger partial charge in [0.05, 0.1) is 0 Å². The Balaban J connectivity index is 2.20. The van der Waals surface area contributed by atoms with E-state index in [-0.39, 0.29) is 0 Å². The van der Waals surface area contributed by atoms with E-state index in [1.54, 1.807) is 6.07 Å². The predicted octanol–water partition coefficient (Wildman–Crippen LogP) is 3.64. The smallest absolute Gasteiger partial charge is 0.134 e. The molecule has 4 heteroatoms. The van der Waals surface area contributed by atoms with Gasteiger partial charge in [-0.2, -0.15) is 0 Å². The predicted molar refractivity (Wildman–Crippen MR) is 79.7 cm³/mol. The summed E-state index contributed by atoms with van der Waals surface area (Å²) in [6.07, 6.45) is 0.784. The van der Waals surface area contributed by atoms with Gasteiger partial charge in [-0.15, -0.1) is 0 Å². The van der Waals surface area contributed by atoms with Crippen LogP contribution in [0.5, 0.6) is 0 Å². The molecule has 2 rings (SSSR count). The number of aromatic nitrogens is 2. The van der Waals surface area contributed by atoms with Crippen molar-refractivity contribution < 1.29 is 0 Å². The first kappa shape index (κ1) is 13.8. The van der Waals surface area contributed by atoms with Gasteiger partial charge in [0.2, 0.25) is 0 Å². The van der Waals surface area contributed by atoms with Crippen LogP contribution in [0.25, 0.3) is 0 Å². The maximum Gasteiger partial charge on any atom is 0.134 e. The first-order valence-electron chi connectivity index (χ1n) is 6.38. The molecule has 0 aliphatic rings. The minimum Gasteiger partial charge on any atom is -0.355 e. The number of halogens is 1. The Bertz CT molecular complexity index is 569.